The summed E-state index contributed by atoms with van der Waals surface area (Å²) in [6.07, 6.45) is 1.53. The van der Waals surface area contributed by atoms with E-state index in [0.717, 1.165) is 24.3 Å². The van der Waals surface area contributed by atoms with Crippen molar-refractivity contribution in [3.8, 4) is 0 Å². The van der Waals surface area contributed by atoms with Crippen molar-refractivity contribution in [3.05, 3.63) is 35.5 Å². The molecule has 2 heterocycles. The number of carbonyl (C=O) groups excluding carboxylic acids is 2. The molecular weight excluding hydrogens is 314 g/mol. The molecule has 0 radical (unpaired) electrons. The molecule has 1 aromatic rings. The van der Waals surface area contributed by atoms with Crippen LogP contribution in [0.2, 0.25) is 0 Å². The molecule has 0 bridgehead atoms. The van der Waals surface area contributed by atoms with Crippen LogP contribution < -0.4 is 10.2 Å². The first kappa shape index (κ1) is 16.0. The lowest BCUT2D eigenvalue weighted by Crippen LogP contribution is -2.36. The molecule has 2 saturated heterocycles. The summed E-state index contributed by atoms with van der Waals surface area (Å²) in [4.78, 5) is 37.3. The van der Waals surface area contributed by atoms with E-state index < -0.39 is 24.5 Å². The molecule has 0 atom stereocenters. The van der Waals surface area contributed by atoms with E-state index in [1.807, 2.05) is 24.3 Å². The molecule has 3 amide bonds. The summed E-state index contributed by atoms with van der Waals surface area (Å²) < 4.78 is 5.32. The molecule has 0 spiro atoms. The molecule has 1 aromatic carbocycles. The van der Waals surface area contributed by atoms with Crippen LogP contribution in [0.5, 0.6) is 0 Å². The van der Waals surface area contributed by atoms with Gasteiger partial charge in [-0.15, -0.1) is 0 Å². The first-order chi connectivity index (χ1) is 11.5. The zero-order chi connectivity index (χ0) is 17.1. The maximum atomic E-state index is 12.1. The third kappa shape index (κ3) is 3.38. The van der Waals surface area contributed by atoms with Crippen LogP contribution >= 0.6 is 0 Å². The summed E-state index contributed by atoms with van der Waals surface area (Å²) in [6.45, 7) is 2.41. The van der Waals surface area contributed by atoms with Gasteiger partial charge in [-0.3, -0.25) is 9.59 Å². The monoisotopic (exact) mass is 331 g/mol. The number of rotatable bonds is 4. The molecule has 24 heavy (non-hydrogen) atoms. The Labute approximate surface area is 138 Å². The fraction of sp³-hybridized carbons (Fsp3) is 0.312. The number of benzene rings is 1. The highest BCUT2D eigenvalue weighted by atomic mass is 16.5. The highest BCUT2D eigenvalue weighted by Gasteiger charge is 2.34. The fourth-order valence-corrected chi connectivity index (χ4v) is 2.62. The van der Waals surface area contributed by atoms with Crippen LogP contribution in [0.25, 0.3) is 6.08 Å². The first-order valence-electron chi connectivity index (χ1n) is 7.54. The van der Waals surface area contributed by atoms with Crippen LogP contribution in [0.3, 0.4) is 0 Å². The third-order valence-electron chi connectivity index (χ3n) is 3.84. The Bertz CT molecular complexity index is 692. The Hall–Kier alpha value is -2.87. The number of anilines is 1. The minimum Gasteiger partial charge on any atom is -0.480 e. The van der Waals surface area contributed by atoms with E-state index in [4.69, 9.17) is 9.84 Å². The predicted octanol–water partition coefficient (Wildman–Crippen LogP) is 0.500. The summed E-state index contributed by atoms with van der Waals surface area (Å²) >= 11 is 0. The second-order valence-corrected chi connectivity index (χ2v) is 5.46. The number of ether oxygens (including phenoxy) is 1. The van der Waals surface area contributed by atoms with Crippen molar-refractivity contribution in [2.45, 2.75) is 0 Å². The van der Waals surface area contributed by atoms with Gasteiger partial charge in [0.15, 0.2) is 0 Å². The van der Waals surface area contributed by atoms with Gasteiger partial charge >= 0.3 is 12.0 Å². The summed E-state index contributed by atoms with van der Waals surface area (Å²) in [6, 6.07) is 6.84. The van der Waals surface area contributed by atoms with Gasteiger partial charge in [-0.2, -0.15) is 0 Å². The van der Waals surface area contributed by atoms with Gasteiger partial charge in [-0.1, -0.05) is 12.1 Å². The Morgan fingerprint density at radius 3 is 2.50 bits per heavy atom. The number of hydrogen-bond acceptors (Lipinski definition) is 5. The van der Waals surface area contributed by atoms with Crippen LogP contribution in [0.4, 0.5) is 10.5 Å². The second-order valence-electron chi connectivity index (χ2n) is 5.46. The van der Waals surface area contributed by atoms with E-state index in [2.05, 4.69) is 10.2 Å². The molecule has 8 nitrogen and oxygen atoms in total. The van der Waals surface area contributed by atoms with Gasteiger partial charge < -0.3 is 20.1 Å². The van der Waals surface area contributed by atoms with Gasteiger partial charge in [-0.25, -0.2) is 9.69 Å². The van der Waals surface area contributed by atoms with Crippen molar-refractivity contribution < 1.29 is 24.2 Å². The SMILES string of the molecule is O=C(O)CN1C(=O)N/C(=C/c2ccc(N3CCOCC3)cc2)C1=O. The summed E-state index contributed by atoms with van der Waals surface area (Å²) in [7, 11) is 0. The van der Waals surface area contributed by atoms with E-state index >= 15 is 0 Å². The largest absolute Gasteiger partial charge is 0.480 e. The van der Waals surface area contributed by atoms with Gasteiger partial charge in [-0.05, 0) is 23.8 Å². The number of nitrogens with zero attached hydrogens (tertiary/aromatic N) is 2. The summed E-state index contributed by atoms with van der Waals surface area (Å²) in [5.74, 6) is -1.88. The highest BCUT2D eigenvalue weighted by molar-refractivity contribution is 6.15. The Kier molecular flexibility index (Phi) is 4.48. The molecule has 126 valence electrons. The number of carboxylic acids is 1. The number of nitrogens with one attached hydrogen (secondary N) is 1. The van der Waals surface area contributed by atoms with Gasteiger partial charge in [0.2, 0.25) is 0 Å². The second kappa shape index (κ2) is 6.71. The number of imide groups is 1. The zero-order valence-electron chi connectivity index (χ0n) is 12.9. The smallest absolute Gasteiger partial charge is 0.329 e. The molecule has 0 unspecified atom stereocenters. The van der Waals surface area contributed by atoms with Crippen LogP contribution in [0.1, 0.15) is 5.56 Å². The Morgan fingerprint density at radius 1 is 1.21 bits per heavy atom. The van der Waals surface area contributed by atoms with Crippen molar-refractivity contribution in [2.75, 3.05) is 37.7 Å². The van der Waals surface area contributed by atoms with Gasteiger partial charge in [0.1, 0.15) is 12.2 Å². The first-order valence-corrected chi connectivity index (χ1v) is 7.54. The normalized spacial score (nSPS) is 19.8. The van der Waals surface area contributed by atoms with E-state index in [9.17, 15) is 14.4 Å². The van der Waals surface area contributed by atoms with Gasteiger partial charge in [0.05, 0.1) is 13.2 Å². The lowest BCUT2D eigenvalue weighted by atomic mass is 10.1. The Morgan fingerprint density at radius 2 is 1.88 bits per heavy atom. The van der Waals surface area contributed by atoms with Gasteiger partial charge in [0.25, 0.3) is 5.91 Å². The van der Waals surface area contributed by atoms with E-state index in [0.29, 0.717) is 18.1 Å². The molecule has 0 aliphatic carbocycles. The molecule has 2 N–H and O–H groups in total. The number of carbonyl (C=O) groups is 3. The van der Waals surface area contributed by atoms with Crippen LogP contribution in [0, 0.1) is 0 Å². The number of aliphatic carboxylic acids is 1. The summed E-state index contributed by atoms with van der Waals surface area (Å²) in [5, 5.41) is 11.1. The van der Waals surface area contributed by atoms with E-state index in [1.165, 1.54) is 6.08 Å². The molecule has 8 heteroatoms. The lowest BCUT2D eigenvalue weighted by Gasteiger charge is -2.28. The number of urea groups is 1. The fourth-order valence-electron chi connectivity index (χ4n) is 2.62. The highest BCUT2D eigenvalue weighted by Crippen LogP contribution is 2.19. The molecule has 2 aliphatic rings. The zero-order valence-corrected chi connectivity index (χ0v) is 12.9. The van der Waals surface area contributed by atoms with Crippen LogP contribution in [0.15, 0.2) is 30.0 Å². The van der Waals surface area contributed by atoms with Crippen molar-refractivity contribution >= 4 is 29.7 Å². The van der Waals surface area contributed by atoms with E-state index in [-0.39, 0.29) is 5.70 Å². The number of carboxylic acid groups (broad SMARTS) is 1. The van der Waals surface area contributed by atoms with Crippen LogP contribution in [-0.4, -0.2) is 60.8 Å². The average molecular weight is 331 g/mol. The lowest BCUT2D eigenvalue weighted by molar-refractivity contribution is -0.140. The molecule has 0 aromatic heterocycles. The standard InChI is InChI=1S/C16H17N3O5/c20-14(21)10-19-15(22)13(17-16(19)23)9-11-1-3-12(4-2-11)18-5-7-24-8-6-18/h1-4,9H,5-8,10H2,(H,17,23)(H,20,21)/b13-9+. The average Bonchev–Trinajstić information content (AvgIpc) is 2.83. The quantitative estimate of drug-likeness (QED) is 0.616. The number of amides is 3. The maximum absolute atomic E-state index is 12.1. The van der Waals surface area contributed by atoms with Gasteiger partial charge in [0, 0.05) is 18.8 Å². The van der Waals surface area contributed by atoms with E-state index in [1.54, 1.807) is 0 Å². The maximum Gasteiger partial charge on any atom is 0.329 e. The molecule has 2 aliphatic heterocycles. The van der Waals surface area contributed by atoms with Crippen molar-refractivity contribution in [3.63, 3.8) is 0 Å². The topological polar surface area (TPSA) is 99.2 Å². The van der Waals surface area contributed by atoms with Crippen LogP contribution in [-0.2, 0) is 14.3 Å². The van der Waals surface area contributed by atoms with Crippen molar-refractivity contribution in [1.82, 2.24) is 10.2 Å². The molecule has 0 saturated carbocycles. The molecule has 3 rings (SSSR count). The molecule has 2 fully saturated rings. The van der Waals surface area contributed by atoms with Crippen molar-refractivity contribution in [1.29, 1.82) is 0 Å². The minimum absolute atomic E-state index is 0.0698. The number of hydrogen-bond donors (Lipinski definition) is 2. The summed E-state index contributed by atoms with van der Waals surface area (Å²) in [5.41, 5.74) is 1.88. The molecular formula is C16H17N3O5. The van der Waals surface area contributed by atoms with Crippen molar-refractivity contribution in [2.24, 2.45) is 0 Å². The number of morpholine rings is 1. The third-order valence-corrected chi connectivity index (χ3v) is 3.84. The Balaban J connectivity index is 1.73. The minimum atomic E-state index is -1.24. The predicted molar refractivity (Wildman–Crippen MR) is 85.3 cm³/mol.